The minimum atomic E-state index is 0.500. The van der Waals surface area contributed by atoms with Crippen molar-refractivity contribution >= 4 is 29.9 Å². The molecule has 0 aromatic heterocycles. The number of halogens is 1. The van der Waals surface area contributed by atoms with Gasteiger partial charge < -0.3 is 4.84 Å². The van der Waals surface area contributed by atoms with Crippen LogP contribution in [0.2, 0.25) is 5.02 Å². The van der Waals surface area contributed by atoms with Crippen molar-refractivity contribution in [3.05, 3.63) is 69.6 Å². The molecule has 2 aromatic rings. The van der Waals surface area contributed by atoms with Gasteiger partial charge in [0, 0.05) is 10.8 Å². The Morgan fingerprint density at radius 2 is 1.79 bits per heavy atom. The average molecular weight is 271 g/mol. The van der Waals surface area contributed by atoms with E-state index in [1.54, 1.807) is 0 Å². The molecular formula is C15H11ClN2O. The summed E-state index contributed by atoms with van der Waals surface area (Å²) in [6, 6.07) is 15.1. The zero-order valence-corrected chi connectivity index (χ0v) is 10.8. The van der Waals surface area contributed by atoms with Gasteiger partial charge in [-0.15, -0.1) is 0 Å². The summed E-state index contributed by atoms with van der Waals surface area (Å²) in [5.41, 5.74) is 3.60. The van der Waals surface area contributed by atoms with Gasteiger partial charge in [0.25, 0.3) is 5.88 Å². The van der Waals surface area contributed by atoms with E-state index in [0.29, 0.717) is 16.7 Å². The molecule has 0 bridgehead atoms. The third-order valence-electron chi connectivity index (χ3n) is 2.83. The summed E-state index contributed by atoms with van der Waals surface area (Å²) in [6.07, 6.45) is 0. The molecule has 3 rings (SSSR count). The quantitative estimate of drug-likeness (QED) is 0.857. The van der Waals surface area contributed by atoms with E-state index in [1.165, 1.54) is 0 Å². The van der Waals surface area contributed by atoms with Gasteiger partial charge in [-0.3, -0.25) is 0 Å². The van der Waals surface area contributed by atoms with E-state index in [0.717, 1.165) is 16.0 Å². The maximum atomic E-state index is 6.13. The molecule has 1 aliphatic rings. The molecule has 0 atom stereocenters. The first-order chi connectivity index (χ1) is 9.25. The van der Waals surface area contributed by atoms with Crippen molar-refractivity contribution < 1.29 is 4.84 Å². The Hall–Kier alpha value is -2.26. The second-order valence-electron chi connectivity index (χ2n) is 4.11. The highest BCUT2D eigenvalue weighted by molar-refractivity contribution is 6.34. The smallest absolute Gasteiger partial charge is 0.255 e. The van der Waals surface area contributed by atoms with Crippen LogP contribution < -0.4 is 15.9 Å². The summed E-state index contributed by atoms with van der Waals surface area (Å²) >= 11 is 6.13. The maximum Gasteiger partial charge on any atom is 0.255 e. The van der Waals surface area contributed by atoms with Crippen molar-refractivity contribution in [2.75, 3.05) is 0 Å². The van der Waals surface area contributed by atoms with E-state index >= 15 is 0 Å². The fraction of sp³-hybridized carbons (Fsp3) is 0. The first-order valence-corrected chi connectivity index (χ1v) is 6.18. The zero-order chi connectivity index (χ0) is 13.2. The molecule has 2 aromatic carbocycles. The maximum absolute atomic E-state index is 6.13. The van der Waals surface area contributed by atoms with Crippen LogP contribution >= 0.6 is 11.6 Å². The molecule has 19 heavy (non-hydrogen) atoms. The molecule has 1 N–H and O–H groups in total. The van der Waals surface area contributed by atoms with Gasteiger partial charge in [-0.25, -0.2) is 5.48 Å². The first kappa shape index (κ1) is 11.8. The molecular weight excluding hydrogens is 260 g/mol. The highest BCUT2D eigenvalue weighted by Gasteiger charge is 2.16. The van der Waals surface area contributed by atoms with Crippen LogP contribution in [-0.2, 0) is 4.84 Å². The van der Waals surface area contributed by atoms with E-state index in [9.17, 15) is 0 Å². The molecule has 3 nitrogen and oxygen atoms in total. The first-order valence-electron chi connectivity index (χ1n) is 5.80. The fourth-order valence-corrected chi connectivity index (χ4v) is 2.08. The molecule has 0 fully saturated rings. The molecule has 0 spiro atoms. The standard InChI is InChI=1S/C15H11ClN2O/c1-10-6-2-3-7-11(10)15-17-14(18-19-15)12-8-4-5-9-13(12)16/h2-9H,1H2,(H,17,18). The number of hydrogen-bond donors (Lipinski definition) is 1. The Morgan fingerprint density at radius 3 is 2.58 bits per heavy atom. The fourth-order valence-electron chi connectivity index (χ4n) is 1.86. The summed E-state index contributed by atoms with van der Waals surface area (Å²) in [5, 5.41) is 2.35. The van der Waals surface area contributed by atoms with Gasteiger partial charge in [0.2, 0.25) is 0 Å². The van der Waals surface area contributed by atoms with Crippen LogP contribution in [0, 0.1) is 0 Å². The summed E-state index contributed by atoms with van der Waals surface area (Å²) in [6.45, 7) is 3.96. The Morgan fingerprint density at radius 1 is 1.05 bits per heavy atom. The van der Waals surface area contributed by atoms with Crippen LogP contribution in [0.5, 0.6) is 0 Å². The van der Waals surface area contributed by atoms with Gasteiger partial charge in [-0.2, -0.15) is 4.99 Å². The van der Waals surface area contributed by atoms with Gasteiger partial charge >= 0.3 is 0 Å². The highest BCUT2D eigenvalue weighted by atomic mass is 35.5. The topological polar surface area (TPSA) is 33.6 Å². The van der Waals surface area contributed by atoms with E-state index in [4.69, 9.17) is 16.4 Å². The number of rotatable bonds is 1. The van der Waals surface area contributed by atoms with Crippen molar-refractivity contribution in [2.45, 2.75) is 0 Å². The molecule has 0 aliphatic carbocycles. The van der Waals surface area contributed by atoms with Crippen LogP contribution in [0.25, 0.3) is 12.5 Å². The number of nitrogens with one attached hydrogen (secondary N) is 1. The number of benzene rings is 2. The molecule has 1 aliphatic heterocycles. The van der Waals surface area contributed by atoms with Gasteiger partial charge in [0.15, 0.2) is 5.84 Å². The van der Waals surface area contributed by atoms with Crippen LogP contribution in [0.15, 0.2) is 53.5 Å². The van der Waals surface area contributed by atoms with Gasteiger partial charge in [0.1, 0.15) is 0 Å². The number of amidine groups is 1. The van der Waals surface area contributed by atoms with Gasteiger partial charge in [-0.1, -0.05) is 48.5 Å². The Bertz CT molecular complexity index is 768. The van der Waals surface area contributed by atoms with E-state index in [2.05, 4.69) is 17.1 Å². The summed E-state index contributed by atoms with van der Waals surface area (Å²) in [7, 11) is 0. The SMILES string of the molecule is C=c1ccccc1=C1N=C(c2ccccc2Cl)NO1. The van der Waals surface area contributed by atoms with Crippen LogP contribution in [-0.4, -0.2) is 5.84 Å². The molecule has 0 unspecified atom stereocenters. The third kappa shape index (κ3) is 2.20. The highest BCUT2D eigenvalue weighted by Crippen LogP contribution is 2.18. The van der Waals surface area contributed by atoms with Gasteiger partial charge in [-0.05, 0) is 23.4 Å². The third-order valence-corrected chi connectivity index (χ3v) is 3.16. The predicted molar refractivity (Wildman–Crippen MR) is 76.8 cm³/mol. The molecule has 0 saturated heterocycles. The minimum absolute atomic E-state index is 0.500. The lowest BCUT2D eigenvalue weighted by molar-refractivity contribution is 0.230. The number of hydrogen-bond acceptors (Lipinski definition) is 3. The molecule has 1 heterocycles. The average Bonchev–Trinajstić information content (AvgIpc) is 2.89. The molecule has 4 heteroatoms. The summed E-state index contributed by atoms with van der Waals surface area (Å²) in [4.78, 5) is 9.83. The monoisotopic (exact) mass is 270 g/mol. The predicted octanol–water partition coefficient (Wildman–Crippen LogP) is 1.80. The van der Waals surface area contributed by atoms with Crippen molar-refractivity contribution in [1.82, 2.24) is 5.48 Å². The second kappa shape index (κ2) is 4.78. The van der Waals surface area contributed by atoms with Crippen LogP contribution in [0.1, 0.15) is 5.56 Å². The van der Waals surface area contributed by atoms with Crippen molar-refractivity contribution in [2.24, 2.45) is 4.99 Å². The minimum Gasteiger partial charge on any atom is -0.359 e. The Balaban J connectivity index is 2.13. The lowest BCUT2D eigenvalue weighted by Crippen LogP contribution is -2.25. The van der Waals surface area contributed by atoms with E-state index in [-0.39, 0.29) is 0 Å². The number of nitrogens with zero attached hydrogens (tertiary/aromatic N) is 1. The van der Waals surface area contributed by atoms with Crippen LogP contribution in [0.4, 0.5) is 0 Å². The summed E-state index contributed by atoms with van der Waals surface area (Å²) in [5.74, 6) is 1.10. The van der Waals surface area contributed by atoms with Crippen molar-refractivity contribution in [3.8, 4) is 0 Å². The Labute approximate surface area is 115 Å². The largest absolute Gasteiger partial charge is 0.359 e. The lowest BCUT2D eigenvalue weighted by atomic mass is 10.2. The second-order valence-corrected chi connectivity index (χ2v) is 4.51. The normalized spacial score (nSPS) is 16.6. The van der Waals surface area contributed by atoms with Crippen molar-refractivity contribution in [1.29, 1.82) is 0 Å². The number of aliphatic imine (C=N–C) groups is 1. The molecule has 0 amide bonds. The Kier molecular flexibility index (Phi) is 2.97. The molecule has 0 saturated carbocycles. The van der Waals surface area contributed by atoms with Gasteiger partial charge in [0.05, 0.1) is 5.02 Å². The zero-order valence-electron chi connectivity index (χ0n) is 10.1. The summed E-state index contributed by atoms with van der Waals surface area (Å²) < 4.78 is 0. The van der Waals surface area contributed by atoms with Crippen LogP contribution in [0.3, 0.4) is 0 Å². The van der Waals surface area contributed by atoms with E-state index < -0.39 is 0 Å². The lowest BCUT2D eigenvalue weighted by Gasteiger charge is -2.01. The molecule has 94 valence electrons. The van der Waals surface area contributed by atoms with Crippen molar-refractivity contribution in [3.63, 3.8) is 0 Å². The molecule has 0 radical (unpaired) electrons. The number of hydroxylamine groups is 1. The van der Waals surface area contributed by atoms with E-state index in [1.807, 2.05) is 48.5 Å².